The number of anilines is 1. The molecule has 1 heterocycles. The van der Waals surface area contributed by atoms with Gasteiger partial charge < -0.3 is 4.74 Å². The van der Waals surface area contributed by atoms with Crippen molar-refractivity contribution in [2.45, 2.75) is 28.6 Å². The predicted molar refractivity (Wildman–Crippen MR) is 139 cm³/mol. The highest BCUT2D eigenvalue weighted by atomic mass is 79.9. The molecule has 0 radical (unpaired) electrons. The minimum absolute atomic E-state index is 0.279. The van der Waals surface area contributed by atoms with Crippen LogP contribution in [0.15, 0.2) is 72.8 Å². The summed E-state index contributed by atoms with van der Waals surface area (Å²) in [5, 5.41) is 0. The molecule has 1 aliphatic heterocycles. The van der Waals surface area contributed by atoms with Gasteiger partial charge in [0, 0.05) is 0 Å². The van der Waals surface area contributed by atoms with Crippen LogP contribution in [0.2, 0.25) is 0 Å². The molecule has 0 aromatic heterocycles. The van der Waals surface area contributed by atoms with E-state index in [1.807, 2.05) is 48.5 Å². The van der Waals surface area contributed by atoms with E-state index in [2.05, 4.69) is 31.9 Å². The Bertz CT molecular complexity index is 1310. The number of imide groups is 1. The number of halogens is 2. The van der Waals surface area contributed by atoms with Crippen LogP contribution in [-0.4, -0.2) is 23.9 Å². The second-order valence-corrected chi connectivity index (χ2v) is 12.0. The van der Waals surface area contributed by atoms with Gasteiger partial charge in [0.2, 0.25) is 11.8 Å². The van der Waals surface area contributed by atoms with Crippen molar-refractivity contribution in [1.29, 1.82) is 0 Å². The van der Waals surface area contributed by atoms with Crippen molar-refractivity contribution < 1.29 is 19.1 Å². The van der Waals surface area contributed by atoms with Gasteiger partial charge in [0.05, 0.1) is 37.8 Å². The molecule has 2 bridgehead atoms. The summed E-state index contributed by atoms with van der Waals surface area (Å²) < 4.78 is 3.62. The topological polar surface area (TPSA) is 63.7 Å². The number of carbonyl (C=O) groups excluding carboxylic acids is 3. The molecule has 0 saturated carbocycles. The molecule has 1 saturated heterocycles. The first kappa shape index (κ1) is 22.7. The Labute approximate surface area is 219 Å². The van der Waals surface area contributed by atoms with Crippen molar-refractivity contribution in [3.05, 3.63) is 101 Å². The number of nitrogens with zero attached hydrogens (tertiary/aromatic N) is 1. The van der Waals surface area contributed by atoms with Crippen molar-refractivity contribution >= 4 is 55.3 Å². The first-order chi connectivity index (χ1) is 16.7. The lowest BCUT2D eigenvalue weighted by atomic mass is 9.54. The van der Waals surface area contributed by atoms with Crippen LogP contribution in [0.1, 0.15) is 46.5 Å². The van der Waals surface area contributed by atoms with Crippen LogP contribution < -0.4 is 4.90 Å². The van der Waals surface area contributed by atoms with Crippen LogP contribution in [0.3, 0.4) is 0 Å². The van der Waals surface area contributed by atoms with E-state index in [1.54, 1.807) is 38.1 Å². The lowest BCUT2D eigenvalue weighted by Gasteiger charge is -2.55. The van der Waals surface area contributed by atoms with E-state index >= 15 is 0 Å². The minimum Gasteiger partial charge on any atom is -0.459 e. The Balaban J connectivity index is 1.53. The van der Waals surface area contributed by atoms with Crippen LogP contribution in [-0.2, 0) is 23.0 Å². The number of benzene rings is 3. The lowest BCUT2D eigenvalue weighted by Crippen LogP contribution is -2.56. The van der Waals surface area contributed by atoms with E-state index in [0.717, 1.165) is 22.3 Å². The fraction of sp³-hybridized carbons (Fsp3) is 0.250. The summed E-state index contributed by atoms with van der Waals surface area (Å²) in [5.74, 6) is -2.40. The maximum absolute atomic E-state index is 14.1. The molecular weight excluding hydrogens is 574 g/mol. The third-order valence-corrected chi connectivity index (χ3v) is 9.96. The van der Waals surface area contributed by atoms with Gasteiger partial charge in [-0.05, 0) is 54.3 Å². The third-order valence-electron chi connectivity index (χ3n) is 7.27. The molecule has 5 nitrogen and oxygen atoms in total. The largest absolute Gasteiger partial charge is 0.459 e. The van der Waals surface area contributed by atoms with E-state index in [-0.39, 0.29) is 17.9 Å². The molecule has 2 amide bonds. The summed E-state index contributed by atoms with van der Waals surface area (Å²) in [6.45, 7) is 3.55. The number of carbonyl (C=O) groups is 3. The quantitative estimate of drug-likeness (QED) is 0.223. The Morgan fingerprint density at radius 3 is 1.69 bits per heavy atom. The molecule has 3 aliphatic carbocycles. The normalized spacial score (nSPS) is 28.1. The molecule has 176 valence electrons. The molecular formula is C28H21Br2NO4. The van der Waals surface area contributed by atoms with Gasteiger partial charge in [0.15, 0.2) is 0 Å². The number of hydrogen-bond acceptors (Lipinski definition) is 4. The monoisotopic (exact) mass is 593 g/mol. The van der Waals surface area contributed by atoms with E-state index in [0.29, 0.717) is 11.3 Å². The van der Waals surface area contributed by atoms with Crippen molar-refractivity contribution in [1.82, 2.24) is 0 Å². The number of amides is 2. The second-order valence-electron chi connectivity index (χ2n) is 9.49. The molecule has 1 fully saturated rings. The number of esters is 1. The molecule has 3 aromatic carbocycles. The van der Waals surface area contributed by atoms with E-state index in [4.69, 9.17) is 4.74 Å². The van der Waals surface area contributed by atoms with Gasteiger partial charge in [-0.25, -0.2) is 9.69 Å². The molecule has 4 aliphatic rings. The Kier molecular flexibility index (Phi) is 4.93. The van der Waals surface area contributed by atoms with E-state index < -0.39 is 26.5 Å². The Morgan fingerprint density at radius 1 is 0.800 bits per heavy atom. The molecule has 0 N–H and O–H groups in total. The van der Waals surface area contributed by atoms with Gasteiger partial charge >= 0.3 is 5.97 Å². The van der Waals surface area contributed by atoms with Crippen molar-refractivity contribution in [3.8, 4) is 0 Å². The average Bonchev–Trinajstić information content (AvgIpc) is 3.13. The number of rotatable bonds is 3. The van der Waals surface area contributed by atoms with Crippen LogP contribution in [0.4, 0.5) is 5.69 Å². The molecule has 7 heteroatoms. The minimum atomic E-state index is -0.851. The van der Waals surface area contributed by atoms with Crippen LogP contribution in [0.5, 0.6) is 0 Å². The van der Waals surface area contributed by atoms with Gasteiger partial charge in [0.1, 0.15) is 0 Å². The summed E-state index contributed by atoms with van der Waals surface area (Å²) in [4.78, 5) is 42.0. The Hall–Kier alpha value is -2.77. The van der Waals surface area contributed by atoms with Gasteiger partial charge in [-0.3, -0.25) is 9.59 Å². The number of alkyl halides is 2. The maximum Gasteiger partial charge on any atom is 0.338 e. The van der Waals surface area contributed by atoms with Gasteiger partial charge in [-0.2, -0.15) is 0 Å². The first-order valence-electron chi connectivity index (χ1n) is 11.5. The van der Waals surface area contributed by atoms with Crippen LogP contribution in [0.25, 0.3) is 0 Å². The van der Waals surface area contributed by atoms with E-state index in [9.17, 15) is 14.4 Å². The fourth-order valence-corrected chi connectivity index (χ4v) is 8.28. The molecule has 2 atom stereocenters. The zero-order valence-electron chi connectivity index (χ0n) is 19.0. The highest BCUT2D eigenvalue weighted by molar-refractivity contribution is 9.10. The highest BCUT2D eigenvalue weighted by Gasteiger charge is 2.72. The summed E-state index contributed by atoms with van der Waals surface area (Å²) in [6.07, 6.45) is -0.279. The van der Waals surface area contributed by atoms with E-state index in [1.165, 1.54) is 4.90 Å². The highest BCUT2D eigenvalue weighted by Crippen LogP contribution is 2.70. The second kappa shape index (κ2) is 7.61. The van der Waals surface area contributed by atoms with Crippen LogP contribution >= 0.6 is 31.9 Å². The number of ether oxygens (including phenoxy) is 1. The van der Waals surface area contributed by atoms with Crippen molar-refractivity contribution in [2.75, 3.05) is 4.90 Å². The molecule has 7 rings (SSSR count). The average molecular weight is 595 g/mol. The maximum atomic E-state index is 14.1. The molecule has 2 unspecified atom stereocenters. The summed E-state index contributed by atoms with van der Waals surface area (Å²) in [6, 6.07) is 22.5. The first-order valence-corrected chi connectivity index (χ1v) is 13.1. The standard InChI is InChI=1S/C28H21Br2NO4/c1-15(2)35-26(34)16-8-7-9-17(14-16)31-24(32)22-23(25(31)33)28(30)19-11-4-3-10-18(19)27(22,29)20-12-5-6-13-21(20)28/h3-15,22-23H,1-2H3. The van der Waals surface area contributed by atoms with Gasteiger partial charge in [-0.15, -0.1) is 0 Å². The predicted octanol–water partition coefficient (Wildman–Crippen LogP) is 5.66. The zero-order chi connectivity index (χ0) is 24.7. The third kappa shape index (κ3) is 2.82. The lowest BCUT2D eigenvalue weighted by molar-refractivity contribution is -0.122. The molecule has 35 heavy (non-hydrogen) atoms. The molecule has 3 aromatic rings. The summed E-state index contributed by atoms with van der Waals surface area (Å²) in [5.41, 5.74) is 4.59. The van der Waals surface area contributed by atoms with Crippen molar-refractivity contribution in [3.63, 3.8) is 0 Å². The number of hydrogen-bond donors (Lipinski definition) is 0. The van der Waals surface area contributed by atoms with Gasteiger partial charge in [-0.1, -0.05) is 86.5 Å². The smallest absolute Gasteiger partial charge is 0.338 e. The molecule has 0 spiro atoms. The van der Waals surface area contributed by atoms with Gasteiger partial charge in [0.25, 0.3) is 0 Å². The SMILES string of the molecule is CC(C)OC(=O)c1cccc(N2C(=O)C3C(C2=O)C2(Br)c4ccccc4C3(Br)c3ccccc32)c1. The Morgan fingerprint density at radius 2 is 1.26 bits per heavy atom. The van der Waals surface area contributed by atoms with Crippen LogP contribution in [0, 0.1) is 11.8 Å². The summed E-state index contributed by atoms with van der Waals surface area (Å²) in [7, 11) is 0. The zero-order valence-corrected chi connectivity index (χ0v) is 22.2. The fourth-order valence-electron chi connectivity index (χ4n) is 5.98. The summed E-state index contributed by atoms with van der Waals surface area (Å²) >= 11 is 8.00. The van der Waals surface area contributed by atoms with Crippen molar-refractivity contribution in [2.24, 2.45) is 11.8 Å².